The van der Waals surface area contributed by atoms with E-state index in [2.05, 4.69) is 23.7 Å². The molecule has 0 unspecified atom stereocenters. The summed E-state index contributed by atoms with van der Waals surface area (Å²) in [5.41, 5.74) is 1.15. The van der Waals surface area contributed by atoms with Gasteiger partial charge in [0.25, 0.3) is 0 Å². The predicted octanol–water partition coefficient (Wildman–Crippen LogP) is 3.64. The van der Waals surface area contributed by atoms with Crippen molar-refractivity contribution in [1.29, 1.82) is 0 Å². The summed E-state index contributed by atoms with van der Waals surface area (Å²) in [6, 6.07) is 11.2. The Morgan fingerprint density at radius 2 is 1.74 bits per heavy atom. The SMILES string of the molecule is CCO[Si](C)(CCCN=Cc1ccccc1)OCC. The quantitative estimate of drug-likeness (QED) is 0.392. The second kappa shape index (κ2) is 9.01. The van der Waals surface area contributed by atoms with Gasteiger partial charge in [0, 0.05) is 26.0 Å². The largest absolute Gasteiger partial charge is 0.395 e. The van der Waals surface area contributed by atoms with Gasteiger partial charge in [-0.15, -0.1) is 0 Å². The Labute approximate surface area is 117 Å². The summed E-state index contributed by atoms with van der Waals surface area (Å²) in [6.07, 6.45) is 2.95. The van der Waals surface area contributed by atoms with Crippen LogP contribution in [0.2, 0.25) is 12.6 Å². The molecular weight excluding hydrogens is 254 g/mol. The van der Waals surface area contributed by atoms with E-state index < -0.39 is 8.56 Å². The molecule has 0 amide bonds. The van der Waals surface area contributed by atoms with Gasteiger partial charge in [-0.05, 0) is 38.4 Å². The van der Waals surface area contributed by atoms with Crippen molar-refractivity contribution in [2.45, 2.75) is 32.9 Å². The topological polar surface area (TPSA) is 30.8 Å². The third-order valence-corrected chi connectivity index (χ3v) is 5.92. The molecule has 1 aromatic carbocycles. The zero-order valence-corrected chi connectivity index (χ0v) is 13.3. The highest BCUT2D eigenvalue weighted by molar-refractivity contribution is 6.66. The molecule has 0 aliphatic carbocycles. The minimum absolute atomic E-state index is 0.732. The first kappa shape index (κ1) is 16.1. The molecule has 0 aromatic heterocycles. The van der Waals surface area contributed by atoms with Gasteiger partial charge in [0.05, 0.1) is 0 Å². The summed E-state index contributed by atoms with van der Waals surface area (Å²) in [5, 5.41) is 0. The van der Waals surface area contributed by atoms with Crippen molar-refractivity contribution < 1.29 is 8.85 Å². The Hall–Kier alpha value is -0.973. The molecule has 106 valence electrons. The van der Waals surface area contributed by atoms with Crippen LogP contribution in [0, 0.1) is 0 Å². The van der Waals surface area contributed by atoms with Crippen molar-refractivity contribution >= 4 is 14.8 Å². The van der Waals surface area contributed by atoms with Gasteiger partial charge in [-0.2, -0.15) is 0 Å². The van der Waals surface area contributed by atoms with Crippen molar-refractivity contribution in [3.05, 3.63) is 35.9 Å². The fraction of sp³-hybridized carbons (Fsp3) is 0.533. The van der Waals surface area contributed by atoms with Crippen LogP contribution >= 0.6 is 0 Å². The number of nitrogens with zero attached hydrogens (tertiary/aromatic N) is 1. The molecule has 1 aromatic rings. The maximum absolute atomic E-state index is 5.80. The predicted molar refractivity (Wildman–Crippen MR) is 83.2 cm³/mol. The molecule has 0 aliphatic heterocycles. The van der Waals surface area contributed by atoms with Crippen LogP contribution in [0.4, 0.5) is 0 Å². The van der Waals surface area contributed by atoms with E-state index >= 15 is 0 Å². The van der Waals surface area contributed by atoms with Crippen LogP contribution in [0.15, 0.2) is 35.3 Å². The lowest BCUT2D eigenvalue weighted by Gasteiger charge is -2.25. The summed E-state index contributed by atoms with van der Waals surface area (Å²) in [6.45, 7) is 8.49. The van der Waals surface area contributed by atoms with E-state index in [1.165, 1.54) is 0 Å². The molecule has 0 fully saturated rings. The molecule has 0 aliphatic rings. The average molecular weight is 279 g/mol. The van der Waals surface area contributed by atoms with Crippen LogP contribution in [0.25, 0.3) is 0 Å². The van der Waals surface area contributed by atoms with Gasteiger partial charge in [0.1, 0.15) is 0 Å². The fourth-order valence-corrected chi connectivity index (χ4v) is 4.39. The number of hydrogen-bond acceptors (Lipinski definition) is 3. The molecule has 0 saturated heterocycles. The third-order valence-electron chi connectivity index (χ3n) is 2.86. The van der Waals surface area contributed by atoms with Gasteiger partial charge in [-0.25, -0.2) is 0 Å². The Bertz CT molecular complexity index is 362. The van der Waals surface area contributed by atoms with Crippen molar-refractivity contribution in [2.24, 2.45) is 4.99 Å². The molecule has 0 spiro atoms. The van der Waals surface area contributed by atoms with Crippen LogP contribution in [0.1, 0.15) is 25.8 Å². The van der Waals surface area contributed by atoms with E-state index in [0.717, 1.165) is 37.8 Å². The molecule has 0 bridgehead atoms. The monoisotopic (exact) mass is 279 g/mol. The molecule has 0 saturated carbocycles. The maximum atomic E-state index is 5.80. The number of aliphatic imine (C=N–C) groups is 1. The smallest absolute Gasteiger partial charge is 0.334 e. The van der Waals surface area contributed by atoms with E-state index in [4.69, 9.17) is 8.85 Å². The summed E-state index contributed by atoms with van der Waals surface area (Å²) < 4.78 is 11.6. The van der Waals surface area contributed by atoms with E-state index in [-0.39, 0.29) is 0 Å². The Morgan fingerprint density at radius 3 is 2.32 bits per heavy atom. The molecule has 0 heterocycles. The maximum Gasteiger partial charge on any atom is 0.334 e. The van der Waals surface area contributed by atoms with Gasteiger partial charge >= 0.3 is 8.56 Å². The molecule has 0 atom stereocenters. The minimum Gasteiger partial charge on any atom is -0.395 e. The first-order valence-corrected chi connectivity index (χ1v) is 9.55. The van der Waals surface area contributed by atoms with E-state index in [0.29, 0.717) is 0 Å². The summed E-state index contributed by atoms with van der Waals surface area (Å²) in [5.74, 6) is 0. The summed E-state index contributed by atoms with van der Waals surface area (Å²) >= 11 is 0. The van der Waals surface area contributed by atoms with Crippen LogP contribution < -0.4 is 0 Å². The Balaban J connectivity index is 2.30. The second-order valence-electron chi connectivity index (χ2n) is 4.55. The number of rotatable bonds is 9. The molecule has 1 rings (SSSR count). The first-order valence-electron chi connectivity index (χ1n) is 7.03. The van der Waals surface area contributed by atoms with Crippen LogP contribution in [0.5, 0.6) is 0 Å². The zero-order valence-electron chi connectivity index (χ0n) is 12.3. The number of benzene rings is 1. The van der Waals surface area contributed by atoms with Gasteiger partial charge < -0.3 is 8.85 Å². The van der Waals surface area contributed by atoms with Crippen molar-refractivity contribution in [1.82, 2.24) is 0 Å². The lowest BCUT2D eigenvalue weighted by Crippen LogP contribution is -2.38. The standard InChI is InChI=1S/C15H25NO2Si/c1-4-17-19(3,18-5-2)13-9-12-16-14-15-10-7-6-8-11-15/h6-8,10-11,14H,4-5,9,12-13H2,1-3H3. The Morgan fingerprint density at radius 1 is 1.11 bits per heavy atom. The average Bonchev–Trinajstić information content (AvgIpc) is 2.40. The molecule has 3 nitrogen and oxygen atoms in total. The lowest BCUT2D eigenvalue weighted by atomic mass is 10.2. The first-order chi connectivity index (χ1) is 9.20. The normalized spacial score (nSPS) is 12.2. The van der Waals surface area contributed by atoms with Gasteiger partial charge in [0.2, 0.25) is 0 Å². The summed E-state index contributed by atoms with van der Waals surface area (Å²) in [7, 11) is -1.95. The minimum atomic E-state index is -1.95. The van der Waals surface area contributed by atoms with E-state index in [9.17, 15) is 0 Å². The highest BCUT2D eigenvalue weighted by Gasteiger charge is 2.29. The fourth-order valence-electron chi connectivity index (χ4n) is 2.00. The van der Waals surface area contributed by atoms with Gasteiger partial charge in [-0.3, -0.25) is 4.99 Å². The van der Waals surface area contributed by atoms with Crippen molar-refractivity contribution in [2.75, 3.05) is 19.8 Å². The van der Waals surface area contributed by atoms with Crippen molar-refractivity contribution in [3.8, 4) is 0 Å². The molecule has 0 radical (unpaired) electrons. The third kappa shape index (κ3) is 6.66. The molecule has 4 heteroatoms. The van der Waals surface area contributed by atoms with E-state index in [1.54, 1.807) is 0 Å². The van der Waals surface area contributed by atoms with Crippen molar-refractivity contribution in [3.63, 3.8) is 0 Å². The Kier molecular flexibility index (Phi) is 7.63. The van der Waals surface area contributed by atoms with Crippen LogP contribution in [0.3, 0.4) is 0 Å². The van der Waals surface area contributed by atoms with Crippen LogP contribution in [-0.4, -0.2) is 34.5 Å². The molecular formula is C15H25NO2Si. The molecule has 0 N–H and O–H groups in total. The van der Waals surface area contributed by atoms with E-state index in [1.807, 2.05) is 38.3 Å². The highest BCUT2D eigenvalue weighted by atomic mass is 28.4. The van der Waals surface area contributed by atoms with Gasteiger partial charge in [-0.1, -0.05) is 30.3 Å². The highest BCUT2D eigenvalue weighted by Crippen LogP contribution is 2.15. The second-order valence-corrected chi connectivity index (χ2v) is 7.89. The number of hydrogen-bond donors (Lipinski definition) is 0. The molecule has 19 heavy (non-hydrogen) atoms. The lowest BCUT2D eigenvalue weighted by molar-refractivity contribution is 0.188. The summed E-state index contributed by atoms with van der Waals surface area (Å²) in [4.78, 5) is 4.45. The van der Waals surface area contributed by atoms with Crippen LogP contribution in [-0.2, 0) is 8.85 Å². The zero-order chi connectivity index (χ0) is 14.0. The van der Waals surface area contributed by atoms with Gasteiger partial charge in [0.15, 0.2) is 0 Å².